The summed E-state index contributed by atoms with van der Waals surface area (Å²) in [6, 6.07) is 5.78. The Morgan fingerprint density at radius 1 is 1.22 bits per heavy atom. The molecule has 0 bridgehead atoms. The molecule has 0 radical (unpaired) electrons. The standard InChI is InChI=1S/C10H6ClF3N2O2/c11-7(17)5-1-3-6(4-2-5)8-15-9(18-16-8)10(12,13)14/h1-4,7,17H. The van der Waals surface area contributed by atoms with Crippen molar-refractivity contribution in [2.24, 2.45) is 0 Å². The van der Waals surface area contributed by atoms with Crippen LogP contribution >= 0.6 is 11.6 Å². The molecule has 0 spiro atoms. The molecule has 0 aliphatic carbocycles. The van der Waals surface area contributed by atoms with Crippen LogP contribution in [-0.2, 0) is 6.18 Å². The lowest BCUT2D eigenvalue weighted by Gasteiger charge is -2.02. The van der Waals surface area contributed by atoms with Crippen molar-refractivity contribution in [3.05, 3.63) is 35.7 Å². The van der Waals surface area contributed by atoms with E-state index in [0.29, 0.717) is 11.1 Å². The molecule has 4 nitrogen and oxygen atoms in total. The Labute approximate surface area is 104 Å². The lowest BCUT2D eigenvalue weighted by Crippen LogP contribution is -2.04. The summed E-state index contributed by atoms with van der Waals surface area (Å²) in [5, 5.41) is 12.3. The van der Waals surface area contributed by atoms with E-state index < -0.39 is 17.6 Å². The molecule has 0 amide bonds. The SMILES string of the molecule is OC(Cl)c1ccc(-c2noc(C(F)(F)F)n2)cc1. The number of hydrogen-bond donors (Lipinski definition) is 1. The van der Waals surface area contributed by atoms with E-state index in [-0.39, 0.29) is 5.82 Å². The molecule has 96 valence electrons. The average Bonchev–Trinajstić information content (AvgIpc) is 2.78. The first kappa shape index (κ1) is 12.8. The van der Waals surface area contributed by atoms with Crippen molar-refractivity contribution in [1.82, 2.24) is 10.1 Å². The van der Waals surface area contributed by atoms with Crippen LogP contribution in [-0.4, -0.2) is 15.2 Å². The molecule has 18 heavy (non-hydrogen) atoms. The minimum atomic E-state index is -4.67. The quantitative estimate of drug-likeness (QED) is 0.858. The highest BCUT2D eigenvalue weighted by molar-refractivity contribution is 6.19. The van der Waals surface area contributed by atoms with Crippen LogP contribution in [0.3, 0.4) is 0 Å². The van der Waals surface area contributed by atoms with Crippen molar-refractivity contribution in [2.75, 3.05) is 0 Å². The fraction of sp³-hybridized carbons (Fsp3) is 0.200. The maximum atomic E-state index is 12.2. The normalized spacial score (nSPS) is 13.6. The molecule has 1 aromatic carbocycles. The Morgan fingerprint density at radius 2 is 1.83 bits per heavy atom. The van der Waals surface area contributed by atoms with E-state index in [9.17, 15) is 13.2 Å². The number of alkyl halides is 4. The Balaban J connectivity index is 2.29. The monoisotopic (exact) mass is 278 g/mol. The van der Waals surface area contributed by atoms with Crippen LogP contribution in [0.2, 0.25) is 0 Å². The topological polar surface area (TPSA) is 59.2 Å². The van der Waals surface area contributed by atoms with Crippen LogP contribution in [0.15, 0.2) is 28.8 Å². The number of aromatic nitrogens is 2. The zero-order valence-electron chi connectivity index (χ0n) is 8.65. The second-order valence-electron chi connectivity index (χ2n) is 3.38. The summed E-state index contributed by atoms with van der Waals surface area (Å²) in [6.07, 6.45) is -4.67. The van der Waals surface area contributed by atoms with E-state index in [1.54, 1.807) is 0 Å². The first-order valence-corrected chi connectivity index (χ1v) is 5.15. The number of hydrogen-bond acceptors (Lipinski definition) is 4. The van der Waals surface area contributed by atoms with Crippen LogP contribution in [0, 0.1) is 0 Å². The van der Waals surface area contributed by atoms with Gasteiger partial charge >= 0.3 is 12.1 Å². The summed E-state index contributed by atoms with van der Waals surface area (Å²) in [4.78, 5) is 3.23. The Hall–Kier alpha value is -1.60. The van der Waals surface area contributed by atoms with E-state index in [2.05, 4.69) is 14.7 Å². The highest BCUT2D eigenvalue weighted by Crippen LogP contribution is 2.29. The second kappa shape index (κ2) is 4.58. The van der Waals surface area contributed by atoms with Gasteiger partial charge in [0.25, 0.3) is 0 Å². The smallest absolute Gasteiger partial charge is 0.373 e. The first-order valence-electron chi connectivity index (χ1n) is 4.71. The number of aliphatic hydroxyl groups excluding tert-OH is 1. The highest BCUT2D eigenvalue weighted by Gasteiger charge is 2.38. The fourth-order valence-electron chi connectivity index (χ4n) is 1.25. The van der Waals surface area contributed by atoms with E-state index in [1.807, 2.05) is 0 Å². The van der Waals surface area contributed by atoms with Gasteiger partial charge in [0.1, 0.15) is 0 Å². The summed E-state index contributed by atoms with van der Waals surface area (Å²) in [6.45, 7) is 0. The van der Waals surface area contributed by atoms with Gasteiger partial charge in [0, 0.05) is 5.56 Å². The summed E-state index contributed by atoms with van der Waals surface area (Å²) in [7, 11) is 0. The molecule has 2 rings (SSSR count). The predicted molar refractivity (Wildman–Crippen MR) is 55.5 cm³/mol. The van der Waals surface area contributed by atoms with Gasteiger partial charge in [-0.3, -0.25) is 0 Å². The number of aliphatic hydroxyl groups is 1. The van der Waals surface area contributed by atoms with Gasteiger partial charge in [-0.25, -0.2) is 0 Å². The predicted octanol–water partition coefficient (Wildman–Crippen LogP) is 2.99. The third kappa shape index (κ3) is 2.62. The zero-order valence-corrected chi connectivity index (χ0v) is 9.40. The molecule has 1 unspecified atom stereocenters. The summed E-state index contributed by atoms with van der Waals surface area (Å²) in [5.41, 5.74) is -0.426. The average molecular weight is 279 g/mol. The maximum Gasteiger partial charge on any atom is 0.471 e. The minimum absolute atomic E-state index is 0.182. The van der Waals surface area contributed by atoms with Crippen LogP contribution in [0.25, 0.3) is 11.4 Å². The van der Waals surface area contributed by atoms with E-state index in [0.717, 1.165) is 0 Å². The molecule has 0 saturated heterocycles. The Morgan fingerprint density at radius 3 is 2.28 bits per heavy atom. The molecule has 1 aromatic heterocycles. The maximum absolute atomic E-state index is 12.2. The van der Waals surface area contributed by atoms with E-state index >= 15 is 0 Å². The van der Waals surface area contributed by atoms with E-state index in [1.165, 1.54) is 24.3 Å². The van der Waals surface area contributed by atoms with Crippen LogP contribution < -0.4 is 0 Å². The molecular formula is C10H6ClF3N2O2. The molecule has 1 N–H and O–H groups in total. The molecule has 0 aliphatic rings. The molecule has 1 heterocycles. The number of benzene rings is 1. The van der Waals surface area contributed by atoms with Gasteiger partial charge in [0.2, 0.25) is 5.82 Å². The van der Waals surface area contributed by atoms with Crippen LogP contribution in [0.1, 0.15) is 17.0 Å². The summed E-state index contributed by atoms with van der Waals surface area (Å²) in [5.74, 6) is -1.59. The van der Waals surface area contributed by atoms with Crippen molar-refractivity contribution in [2.45, 2.75) is 11.7 Å². The summed E-state index contributed by atoms with van der Waals surface area (Å²) >= 11 is 5.42. The molecule has 2 aromatic rings. The van der Waals surface area contributed by atoms with E-state index in [4.69, 9.17) is 16.7 Å². The van der Waals surface area contributed by atoms with Gasteiger partial charge in [-0.15, -0.1) is 0 Å². The number of rotatable bonds is 2. The Bertz CT molecular complexity index is 537. The van der Waals surface area contributed by atoms with Gasteiger partial charge in [-0.05, 0) is 5.56 Å². The highest BCUT2D eigenvalue weighted by atomic mass is 35.5. The van der Waals surface area contributed by atoms with Crippen LogP contribution in [0.5, 0.6) is 0 Å². The third-order valence-electron chi connectivity index (χ3n) is 2.11. The molecule has 0 aliphatic heterocycles. The molecule has 8 heteroatoms. The second-order valence-corrected chi connectivity index (χ2v) is 3.79. The molecule has 0 saturated carbocycles. The van der Waals surface area contributed by atoms with Crippen molar-refractivity contribution >= 4 is 11.6 Å². The molecule has 0 fully saturated rings. The Kier molecular flexibility index (Phi) is 3.27. The van der Waals surface area contributed by atoms with Crippen molar-refractivity contribution < 1.29 is 22.8 Å². The summed E-state index contributed by atoms with van der Waals surface area (Å²) < 4.78 is 40.8. The first-order chi connectivity index (χ1) is 8.38. The largest absolute Gasteiger partial charge is 0.471 e. The van der Waals surface area contributed by atoms with Gasteiger partial charge < -0.3 is 9.63 Å². The third-order valence-corrected chi connectivity index (χ3v) is 2.36. The number of nitrogens with zero attached hydrogens (tertiary/aromatic N) is 2. The molecule has 1 atom stereocenters. The fourth-order valence-corrected chi connectivity index (χ4v) is 1.39. The lowest BCUT2D eigenvalue weighted by molar-refractivity contribution is -0.159. The van der Waals surface area contributed by atoms with Crippen molar-refractivity contribution in [3.8, 4) is 11.4 Å². The van der Waals surface area contributed by atoms with Gasteiger partial charge in [0.15, 0.2) is 5.56 Å². The van der Waals surface area contributed by atoms with Gasteiger partial charge in [0.05, 0.1) is 0 Å². The van der Waals surface area contributed by atoms with Crippen molar-refractivity contribution in [3.63, 3.8) is 0 Å². The minimum Gasteiger partial charge on any atom is -0.373 e. The van der Waals surface area contributed by atoms with Gasteiger partial charge in [-0.1, -0.05) is 41.0 Å². The van der Waals surface area contributed by atoms with Crippen molar-refractivity contribution in [1.29, 1.82) is 0 Å². The molecular weight excluding hydrogens is 273 g/mol. The van der Waals surface area contributed by atoms with Crippen LogP contribution in [0.4, 0.5) is 13.2 Å². The number of halogens is 4. The lowest BCUT2D eigenvalue weighted by atomic mass is 10.1. The zero-order chi connectivity index (χ0) is 13.3. The van der Waals surface area contributed by atoms with Gasteiger partial charge in [-0.2, -0.15) is 18.2 Å².